The van der Waals surface area contributed by atoms with Gasteiger partial charge in [-0.05, 0) is 27.7 Å². The minimum atomic E-state index is 0. The first-order valence-electron chi connectivity index (χ1n) is 12.9. The average Bonchev–Trinajstić information content (AvgIpc) is 3.16. The molecule has 204 valence electrons. The van der Waals surface area contributed by atoms with Gasteiger partial charge in [-0.2, -0.15) is 9.15 Å². The SMILES string of the molecule is CC1=[N+](CCOCCOCCOCC[N+]2=C(C)C(C)(C)c3ccccc32)c2ccccc2C1(C)C.[I-].[I-]. The highest BCUT2D eigenvalue weighted by Gasteiger charge is 2.43. The summed E-state index contributed by atoms with van der Waals surface area (Å²) in [5.41, 5.74) is 8.31. The fourth-order valence-electron chi connectivity index (χ4n) is 5.33. The van der Waals surface area contributed by atoms with Crippen LogP contribution < -0.4 is 48.0 Å². The fourth-order valence-corrected chi connectivity index (χ4v) is 5.33. The van der Waals surface area contributed by atoms with Crippen LogP contribution in [-0.2, 0) is 25.0 Å². The van der Waals surface area contributed by atoms with Gasteiger partial charge >= 0.3 is 0 Å². The van der Waals surface area contributed by atoms with Crippen LogP contribution in [0.2, 0.25) is 0 Å². The number of fused-ring (bicyclic) bond motifs is 2. The molecule has 0 bridgehead atoms. The standard InChI is InChI=1S/C30H42N2O3.2HI/c1-23-29(3,4)25-11-7-9-13-27(25)31(23)15-17-33-19-21-35-22-20-34-18-16-32-24(2)30(5,6)26-12-8-10-14-28(26)32;;/h7-14H,15-22H2,1-6H3;2*1H/q+2;;/p-2. The zero-order valence-electron chi connectivity index (χ0n) is 23.2. The highest BCUT2D eigenvalue weighted by atomic mass is 127. The van der Waals surface area contributed by atoms with Crippen molar-refractivity contribution in [2.24, 2.45) is 0 Å². The second-order valence-corrected chi connectivity index (χ2v) is 10.6. The zero-order valence-corrected chi connectivity index (χ0v) is 27.5. The maximum absolute atomic E-state index is 5.86. The Balaban J connectivity index is 0.00000241. The normalized spacial score (nSPS) is 16.8. The van der Waals surface area contributed by atoms with Gasteiger partial charge in [0.2, 0.25) is 11.4 Å². The summed E-state index contributed by atoms with van der Waals surface area (Å²) in [4.78, 5) is 0. The molecule has 0 saturated heterocycles. The Morgan fingerprint density at radius 3 is 1.24 bits per heavy atom. The number of ether oxygens (including phenoxy) is 3. The molecule has 0 saturated carbocycles. The molecule has 2 aromatic carbocycles. The van der Waals surface area contributed by atoms with Gasteiger partial charge in [-0.15, -0.1) is 0 Å². The maximum atomic E-state index is 5.86. The molecular weight excluding hydrogens is 690 g/mol. The van der Waals surface area contributed by atoms with Crippen molar-refractivity contribution in [3.8, 4) is 0 Å². The van der Waals surface area contributed by atoms with Crippen LogP contribution in [-0.4, -0.2) is 73.3 Å². The van der Waals surface area contributed by atoms with Crippen LogP contribution in [0.4, 0.5) is 11.4 Å². The molecular formula is C30H42I2N2O3. The fraction of sp³-hybridized carbons (Fsp3) is 0.533. The first kappa shape index (κ1) is 32.3. The van der Waals surface area contributed by atoms with Crippen molar-refractivity contribution in [3.05, 3.63) is 59.7 Å². The Kier molecular flexibility index (Phi) is 12.2. The molecule has 0 fully saturated rings. The molecule has 2 heterocycles. The van der Waals surface area contributed by atoms with Gasteiger partial charge in [-0.1, -0.05) is 36.4 Å². The Morgan fingerprint density at radius 1 is 0.541 bits per heavy atom. The van der Waals surface area contributed by atoms with Crippen LogP contribution in [0, 0.1) is 0 Å². The first-order chi connectivity index (χ1) is 16.8. The average molecular weight is 732 g/mol. The van der Waals surface area contributed by atoms with Crippen molar-refractivity contribution in [2.45, 2.75) is 52.4 Å². The number of benzene rings is 2. The summed E-state index contributed by atoms with van der Waals surface area (Å²) in [6, 6.07) is 17.4. The Labute approximate surface area is 257 Å². The third kappa shape index (κ3) is 6.83. The van der Waals surface area contributed by atoms with E-state index in [1.807, 2.05) is 0 Å². The van der Waals surface area contributed by atoms with Gasteiger partial charge in [0, 0.05) is 37.1 Å². The Bertz CT molecular complexity index is 1040. The number of hydrogen-bond donors (Lipinski definition) is 0. The molecule has 0 N–H and O–H groups in total. The summed E-state index contributed by atoms with van der Waals surface area (Å²) < 4.78 is 22.2. The van der Waals surface area contributed by atoms with Crippen molar-refractivity contribution < 1.29 is 71.3 Å². The number of para-hydroxylation sites is 2. The van der Waals surface area contributed by atoms with Gasteiger partial charge in [-0.25, -0.2) is 0 Å². The summed E-state index contributed by atoms with van der Waals surface area (Å²) >= 11 is 0. The van der Waals surface area contributed by atoms with Crippen molar-refractivity contribution in [1.29, 1.82) is 0 Å². The second kappa shape index (κ2) is 14.0. The van der Waals surface area contributed by atoms with Gasteiger partial charge in [0.25, 0.3) is 0 Å². The molecule has 5 nitrogen and oxygen atoms in total. The lowest BCUT2D eigenvalue weighted by Crippen LogP contribution is -3.00. The van der Waals surface area contributed by atoms with Gasteiger partial charge < -0.3 is 62.2 Å². The van der Waals surface area contributed by atoms with Crippen LogP contribution >= 0.6 is 0 Å². The van der Waals surface area contributed by atoms with E-state index in [2.05, 4.69) is 99.2 Å². The Morgan fingerprint density at radius 2 is 0.865 bits per heavy atom. The quantitative estimate of drug-likeness (QED) is 0.164. The second-order valence-electron chi connectivity index (χ2n) is 10.6. The van der Waals surface area contributed by atoms with E-state index >= 15 is 0 Å². The van der Waals surface area contributed by atoms with Crippen LogP contribution in [0.25, 0.3) is 0 Å². The number of halogens is 2. The molecule has 2 aliphatic heterocycles. The van der Waals surface area contributed by atoms with Crippen molar-refractivity contribution in [3.63, 3.8) is 0 Å². The van der Waals surface area contributed by atoms with E-state index in [0.717, 1.165) is 13.1 Å². The van der Waals surface area contributed by atoms with Crippen LogP contribution in [0.5, 0.6) is 0 Å². The van der Waals surface area contributed by atoms with Crippen molar-refractivity contribution in [1.82, 2.24) is 0 Å². The third-order valence-corrected chi connectivity index (χ3v) is 8.02. The van der Waals surface area contributed by atoms with E-state index in [1.165, 1.54) is 33.9 Å². The van der Waals surface area contributed by atoms with Gasteiger partial charge in [-0.3, -0.25) is 0 Å². The summed E-state index contributed by atoms with van der Waals surface area (Å²) in [5.74, 6) is 0. The predicted octanol–water partition coefficient (Wildman–Crippen LogP) is -0.763. The largest absolute Gasteiger partial charge is 1.00 e. The molecule has 2 aliphatic rings. The molecule has 0 radical (unpaired) electrons. The topological polar surface area (TPSA) is 33.7 Å². The Hall–Kier alpha value is -0.880. The van der Waals surface area contributed by atoms with Crippen LogP contribution in [0.15, 0.2) is 48.5 Å². The van der Waals surface area contributed by atoms with E-state index in [4.69, 9.17) is 14.2 Å². The molecule has 0 amide bonds. The van der Waals surface area contributed by atoms with Gasteiger partial charge in [0.1, 0.15) is 13.2 Å². The monoisotopic (exact) mass is 732 g/mol. The van der Waals surface area contributed by atoms with E-state index in [0.29, 0.717) is 39.6 Å². The number of nitrogens with zero attached hydrogens (tertiary/aromatic N) is 2. The maximum Gasteiger partial charge on any atom is 0.209 e. The molecule has 0 aliphatic carbocycles. The molecule has 7 heteroatoms. The molecule has 0 aromatic heterocycles. The van der Waals surface area contributed by atoms with Crippen molar-refractivity contribution >= 4 is 22.8 Å². The molecule has 0 atom stereocenters. The summed E-state index contributed by atoms with van der Waals surface area (Å²) in [5, 5.41) is 0. The van der Waals surface area contributed by atoms with E-state index in [1.54, 1.807) is 0 Å². The summed E-state index contributed by atoms with van der Waals surface area (Å²) in [6.45, 7) is 19.1. The smallest absolute Gasteiger partial charge is 0.209 e. The predicted molar refractivity (Wildman–Crippen MR) is 142 cm³/mol. The molecule has 0 spiro atoms. The molecule has 2 aromatic rings. The molecule has 4 rings (SSSR count). The van der Waals surface area contributed by atoms with E-state index < -0.39 is 0 Å². The van der Waals surface area contributed by atoms with Crippen LogP contribution in [0.3, 0.4) is 0 Å². The highest BCUT2D eigenvalue weighted by molar-refractivity contribution is 5.93. The molecule has 37 heavy (non-hydrogen) atoms. The van der Waals surface area contributed by atoms with E-state index in [9.17, 15) is 0 Å². The first-order valence-corrected chi connectivity index (χ1v) is 12.9. The third-order valence-electron chi connectivity index (χ3n) is 8.02. The zero-order chi connectivity index (χ0) is 25.1. The minimum Gasteiger partial charge on any atom is -1.00 e. The van der Waals surface area contributed by atoms with Gasteiger partial charge in [0.05, 0.1) is 37.3 Å². The molecule has 0 unspecified atom stereocenters. The minimum absolute atomic E-state index is 0. The van der Waals surface area contributed by atoms with Crippen LogP contribution in [0.1, 0.15) is 52.7 Å². The summed E-state index contributed by atoms with van der Waals surface area (Å²) in [7, 11) is 0. The lowest BCUT2D eigenvalue weighted by molar-refractivity contribution is -0.443. The lowest BCUT2D eigenvalue weighted by atomic mass is 9.82. The highest BCUT2D eigenvalue weighted by Crippen LogP contribution is 2.39. The lowest BCUT2D eigenvalue weighted by Gasteiger charge is -2.14. The van der Waals surface area contributed by atoms with E-state index in [-0.39, 0.29) is 58.8 Å². The van der Waals surface area contributed by atoms with Gasteiger partial charge in [0.15, 0.2) is 24.5 Å². The number of hydrogen-bond acceptors (Lipinski definition) is 3. The summed E-state index contributed by atoms with van der Waals surface area (Å²) in [6.07, 6.45) is 0. The number of rotatable bonds is 12. The van der Waals surface area contributed by atoms with Crippen molar-refractivity contribution in [2.75, 3.05) is 52.7 Å².